The number of nitrogens with one attached hydrogen (secondary N) is 1. The van der Waals surface area contributed by atoms with Crippen molar-refractivity contribution in [1.82, 2.24) is 19.4 Å². The normalized spacial score (nSPS) is 13.8. The van der Waals surface area contributed by atoms with E-state index in [9.17, 15) is 19.5 Å². The van der Waals surface area contributed by atoms with E-state index in [0.717, 1.165) is 27.6 Å². The van der Waals surface area contributed by atoms with Gasteiger partial charge in [-0.3, -0.25) is 18.8 Å². The van der Waals surface area contributed by atoms with Crippen molar-refractivity contribution >= 4 is 30.5 Å². The second-order valence-electron chi connectivity index (χ2n) is 9.45. The van der Waals surface area contributed by atoms with E-state index in [4.69, 9.17) is 9.05 Å². The van der Waals surface area contributed by atoms with E-state index in [-0.39, 0.29) is 12.5 Å². The molecule has 0 aliphatic heterocycles. The van der Waals surface area contributed by atoms with Crippen LogP contribution in [-0.2, 0) is 18.4 Å². The average molecular weight is 575 g/mol. The molecule has 0 aliphatic rings. The first-order chi connectivity index (χ1) is 19.6. The summed E-state index contributed by atoms with van der Waals surface area (Å²) in [5.74, 6) is -0.265. The van der Waals surface area contributed by atoms with Crippen molar-refractivity contribution in [2.75, 3.05) is 32.6 Å². The lowest BCUT2D eigenvalue weighted by molar-refractivity contribution is -0.111. The highest BCUT2D eigenvalue weighted by atomic mass is 31.2. The number of aromatic nitrogens is 3. The molecule has 3 aromatic heterocycles. The molecule has 4 rings (SSSR count). The molecule has 2 N–H and O–H groups in total. The van der Waals surface area contributed by atoms with Crippen LogP contribution in [0.15, 0.2) is 73.3 Å². The second-order valence-corrected chi connectivity index (χ2v) is 10.9. The number of benzene rings is 1. The van der Waals surface area contributed by atoms with E-state index in [1.807, 2.05) is 31.1 Å². The Morgan fingerprint density at radius 2 is 2.00 bits per heavy atom. The molecule has 2 unspecified atom stereocenters. The lowest BCUT2D eigenvalue weighted by Gasteiger charge is -2.18. The molecular formula is C29H31N6O5P. The van der Waals surface area contributed by atoms with Crippen LogP contribution in [0.25, 0.3) is 33.3 Å². The van der Waals surface area contributed by atoms with Crippen LogP contribution < -0.4 is 5.32 Å². The van der Waals surface area contributed by atoms with Gasteiger partial charge in [0, 0.05) is 53.3 Å². The first kappa shape index (κ1) is 29.8. The first-order valence-corrected chi connectivity index (χ1v) is 14.3. The summed E-state index contributed by atoms with van der Waals surface area (Å²) < 4.78 is 24.2. The number of fused-ring (bicyclic) bond motifs is 1. The molecule has 0 fully saturated rings. The Hall–Kier alpha value is -4.17. The van der Waals surface area contributed by atoms with Gasteiger partial charge in [0.15, 0.2) is 0 Å². The highest BCUT2D eigenvalue weighted by molar-refractivity contribution is 7.47. The summed E-state index contributed by atoms with van der Waals surface area (Å²) in [6, 6.07) is 13.0. The van der Waals surface area contributed by atoms with Crippen molar-refractivity contribution in [3.05, 3.63) is 78.9 Å². The van der Waals surface area contributed by atoms with Crippen LogP contribution in [0.1, 0.15) is 25.6 Å². The van der Waals surface area contributed by atoms with Crippen molar-refractivity contribution in [2.45, 2.75) is 20.1 Å². The average Bonchev–Trinajstić information content (AvgIpc) is 3.32. The summed E-state index contributed by atoms with van der Waals surface area (Å²) in [4.78, 5) is 33.3. The van der Waals surface area contributed by atoms with Crippen LogP contribution in [0.2, 0.25) is 0 Å². The van der Waals surface area contributed by atoms with Gasteiger partial charge in [0.1, 0.15) is 11.9 Å². The van der Waals surface area contributed by atoms with Gasteiger partial charge < -0.3 is 19.7 Å². The van der Waals surface area contributed by atoms with Crippen molar-refractivity contribution in [1.29, 1.82) is 5.26 Å². The molecule has 0 saturated carbocycles. The molecule has 0 radical (unpaired) electrons. The Morgan fingerprint density at radius 3 is 2.73 bits per heavy atom. The van der Waals surface area contributed by atoms with Gasteiger partial charge in [0.05, 0.1) is 30.1 Å². The molecular weight excluding hydrogens is 543 g/mol. The zero-order valence-electron chi connectivity index (χ0n) is 23.2. The molecule has 0 spiro atoms. The Balaban J connectivity index is 1.75. The van der Waals surface area contributed by atoms with Crippen LogP contribution in [-0.4, -0.2) is 57.5 Å². The van der Waals surface area contributed by atoms with Gasteiger partial charge in [-0.1, -0.05) is 18.2 Å². The van der Waals surface area contributed by atoms with Crippen LogP contribution in [0, 0.1) is 11.3 Å². The second kappa shape index (κ2) is 13.0. The van der Waals surface area contributed by atoms with Crippen LogP contribution >= 0.6 is 7.82 Å². The van der Waals surface area contributed by atoms with E-state index in [1.54, 1.807) is 73.5 Å². The number of carbonyl (C=O) groups is 1. The summed E-state index contributed by atoms with van der Waals surface area (Å²) in [6.45, 7) is 3.88. The molecule has 1 amide bonds. The van der Waals surface area contributed by atoms with Crippen LogP contribution in [0.4, 0.5) is 5.69 Å². The van der Waals surface area contributed by atoms with Gasteiger partial charge >= 0.3 is 7.82 Å². The largest absolute Gasteiger partial charge is 0.474 e. The highest BCUT2D eigenvalue weighted by Crippen LogP contribution is 2.47. The summed E-state index contributed by atoms with van der Waals surface area (Å²) in [6.07, 6.45) is 9.01. The minimum Gasteiger partial charge on any atom is -0.321 e. The fourth-order valence-electron chi connectivity index (χ4n) is 4.21. The lowest BCUT2D eigenvalue weighted by atomic mass is 10.0. The number of phosphoric acid groups is 1. The number of likely N-dealkylation sites (N-methyl/N-ethyl adjacent to an activating group) is 1. The predicted molar refractivity (Wildman–Crippen MR) is 157 cm³/mol. The summed E-state index contributed by atoms with van der Waals surface area (Å²) >= 11 is 0. The van der Waals surface area contributed by atoms with Crippen molar-refractivity contribution < 1.29 is 23.3 Å². The minimum atomic E-state index is -4.30. The molecule has 212 valence electrons. The topological polar surface area (TPSA) is 143 Å². The number of hydrogen-bond acceptors (Lipinski definition) is 8. The zero-order chi connectivity index (χ0) is 29.6. The fraction of sp³-hybridized carbons (Fsp3) is 0.241. The smallest absolute Gasteiger partial charge is 0.321 e. The predicted octanol–water partition coefficient (Wildman–Crippen LogP) is 5.37. The van der Waals surface area contributed by atoms with Gasteiger partial charge in [0.2, 0.25) is 5.91 Å². The SMILES string of the molecule is CCOP(=O)(O)OC(C)n1cc(-c2cccc(C#N)c2)c2cc(-c3cncc(NC(=O)/C=C/CN(C)C)c3)cnc21. The molecule has 0 bridgehead atoms. The number of nitriles is 1. The maximum absolute atomic E-state index is 12.3. The number of anilines is 1. The maximum atomic E-state index is 12.3. The minimum absolute atomic E-state index is 0.0145. The standard InChI is InChI=1S/C29H31N6O5P/c1-5-39-41(37,38)40-20(2)35-19-27(22-9-6-8-21(12-22)15-30)26-14-24(17-32-29(26)35)23-13-25(18-31-16-23)33-28(36)10-7-11-34(3)4/h6-10,12-14,16-20H,5,11H2,1-4H3,(H,33,36)(H,37,38)/b10-7+. The fourth-order valence-corrected chi connectivity index (χ4v) is 5.08. The molecule has 4 aromatic rings. The van der Waals surface area contributed by atoms with Crippen LogP contribution in [0.5, 0.6) is 0 Å². The van der Waals surface area contributed by atoms with Gasteiger partial charge in [-0.15, -0.1) is 0 Å². The molecule has 12 heteroatoms. The van der Waals surface area contributed by atoms with E-state index in [2.05, 4.69) is 21.4 Å². The molecule has 0 saturated heterocycles. The van der Waals surface area contributed by atoms with E-state index in [0.29, 0.717) is 23.4 Å². The van der Waals surface area contributed by atoms with Gasteiger partial charge in [-0.25, -0.2) is 9.55 Å². The lowest BCUT2D eigenvalue weighted by Crippen LogP contribution is -2.13. The van der Waals surface area contributed by atoms with E-state index >= 15 is 0 Å². The Kier molecular flexibility index (Phi) is 9.45. The monoisotopic (exact) mass is 574 g/mol. The quantitative estimate of drug-likeness (QED) is 0.179. The van der Waals surface area contributed by atoms with Crippen molar-refractivity contribution in [2.24, 2.45) is 0 Å². The van der Waals surface area contributed by atoms with E-state index in [1.165, 1.54) is 6.08 Å². The molecule has 11 nitrogen and oxygen atoms in total. The highest BCUT2D eigenvalue weighted by Gasteiger charge is 2.26. The Labute approximate surface area is 238 Å². The third-order valence-corrected chi connectivity index (χ3v) is 7.18. The Bertz CT molecular complexity index is 1680. The Morgan fingerprint density at radius 1 is 1.22 bits per heavy atom. The number of phosphoric ester groups is 1. The number of nitrogens with zero attached hydrogens (tertiary/aromatic N) is 5. The van der Waals surface area contributed by atoms with Gasteiger partial charge in [-0.05, 0) is 57.8 Å². The molecule has 1 aromatic carbocycles. The summed E-state index contributed by atoms with van der Waals surface area (Å²) in [7, 11) is -0.463. The molecule has 0 aliphatic carbocycles. The number of hydrogen-bond donors (Lipinski definition) is 2. The van der Waals surface area contributed by atoms with E-state index < -0.39 is 14.1 Å². The molecule has 3 heterocycles. The van der Waals surface area contributed by atoms with Gasteiger partial charge in [0.25, 0.3) is 0 Å². The number of rotatable bonds is 11. The van der Waals surface area contributed by atoms with Crippen molar-refractivity contribution in [3.63, 3.8) is 0 Å². The van der Waals surface area contributed by atoms with Crippen molar-refractivity contribution in [3.8, 4) is 28.3 Å². The third kappa shape index (κ3) is 7.52. The number of amides is 1. The third-order valence-electron chi connectivity index (χ3n) is 6.02. The maximum Gasteiger partial charge on any atom is 0.474 e. The summed E-state index contributed by atoms with van der Waals surface area (Å²) in [5.41, 5.74) is 4.47. The number of carbonyl (C=O) groups excluding carboxylic acids is 1. The first-order valence-electron chi connectivity index (χ1n) is 12.8. The molecule has 2 atom stereocenters. The van der Waals surface area contributed by atoms with Crippen LogP contribution in [0.3, 0.4) is 0 Å². The van der Waals surface area contributed by atoms with Gasteiger partial charge in [-0.2, -0.15) is 5.26 Å². The molecule has 41 heavy (non-hydrogen) atoms. The summed E-state index contributed by atoms with van der Waals surface area (Å²) in [5, 5.41) is 13.0. The zero-order valence-corrected chi connectivity index (χ0v) is 24.1. The number of pyridine rings is 2.